The molecule has 5 nitrogen and oxygen atoms in total. The Labute approximate surface area is 119 Å². The van der Waals surface area contributed by atoms with Crippen LogP contribution in [0.25, 0.3) is 0 Å². The van der Waals surface area contributed by atoms with Crippen molar-refractivity contribution in [1.29, 1.82) is 0 Å². The fraction of sp³-hybridized carbons (Fsp3) is 0.600. The molecule has 2 aliphatic rings. The topological polar surface area (TPSA) is 38.9 Å². The first kappa shape index (κ1) is 12.1. The largest absolute Gasteiger partial charge is 0.331 e. The Hall–Kier alpha value is -1.62. The molecule has 4 heterocycles. The summed E-state index contributed by atoms with van der Waals surface area (Å²) < 4.78 is 4.53. The summed E-state index contributed by atoms with van der Waals surface area (Å²) in [6.45, 7) is 4.37. The molecule has 1 saturated heterocycles. The van der Waals surface area contributed by atoms with Crippen LogP contribution in [0, 0.1) is 0 Å². The number of likely N-dealkylation sites (tertiary alicyclic amines) is 1. The van der Waals surface area contributed by atoms with Crippen LogP contribution in [0.1, 0.15) is 36.8 Å². The van der Waals surface area contributed by atoms with Crippen LogP contribution >= 0.6 is 0 Å². The van der Waals surface area contributed by atoms with Gasteiger partial charge in [-0.25, -0.2) is 4.98 Å². The Bertz CT molecular complexity index is 571. The molecule has 0 aliphatic carbocycles. The van der Waals surface area contributed by atoms with Gasteiger partial charge in [0.1, 0.15) is 5.82 Å². The summed E-state index contributed by atoms with van der Waals surface area (Å²) in [6, 6.07) is 2.54. The zero-order valence-electron chi connectivity index (χ0n) is 11.8. The Kier molecular flexibility index (Phi) is 3.07. The van der Waals surface area contributed by atoms with Crippen molar-refractivity contribution in [2.24, 2.45) is 0 Å². The van der Waals surface area contributed by atoms with Crippen LogP contribution in [0.4, 0.5) is 0 Å². The highest BCUT2D eigenvalue weighted by Gasteiger charge is 2.25. The van der Waals surface area contributed by atoms with Crippen molar-refractivity contribution < 1.29 is 0 Å². The van der Waals surface area contributed by atoms with E-state index in [1.807, 2.05) is 12.3 Å². The monoisotopic (exact) mass is 271 g/mol. The van der Waals surface area contributed by atoms with Gasteiger partial charge in [-0.3, -0.25) is 9.58 Å². The first-order valence-electron chi connectivity index (χ1n) is 7.65. The SMILES string of the molecule is c1cnn(C2CCN(Cc3ncc4n3CCCC4)C2)c1. The lowest BCUT2D eigenvalue weighted by molar-refractivity contribution is 0.296. The summed E-state index contributed by atoms with van der Waals surface area (Å²) >= 11 is 0. The first-order valence-corrected chi connectivity index (χ1v) is 7.65. The zero-order chi connectivity index (χ0) is 13.4. The van der Waals surface area contributed by atoms with Crippen molar-refractivity contribution in [3.8, 4) is 0 Å². The lowest BCUT2D eigenvalue weighted by atomic mass is 10.1. The summed E-state index contributed by atoms with van der Waals surface area (Å²) in [5, 5.41) is 4.37. The maximum absolute atomic E-state index is 4.65. The Balaban J connectivity index is 1.44. The first-order chi connectivity index (χ1) is 9.90. The second kappa shape index (κ2) is 5.05. The quantitative estimate of drug-likeness (QED) is 0.855. The van der Waals surface area contributed by atoms with E-state index in [1.165, 1.54) is 37.2 Å². The molecule has 0 spiro atoms. The van der Waals surface area contributed by atoms with Gasteiger partial charge in [0.2, 0.25) is 0 Å². The van der Waals surface area contributed by atoms with E-state index in [2.05, 4.69) is 36.6 Å². The molecular formula is C15H21N5. The van der Waals surface area contributed by atoms with E-state index >= 15 is 0 Å². The van der Waals surface area contributed by atoms with Gasteiger partial charge < -0.3 is 4.57 Å². The number of hydrogen-bond acceptors (Lipinski definition) is 3. The molecule has 1 unspecified atom stereocenters. The van der Waals surface area contributed by atoms with Gasteiger partial charge in [0.25, 0.3) is 0 Å². The Morgan fingerprint density at radius 2 is 2.25 bits per heavy atom. The van der Waals surface area contributed by atoms with E-state index in [0.717, 1.165) is 26.2 Å². The number of hydrogen-bond donors (Lipinski definition) is 0. The van der Waals surface area contributed by atoms with Crippen LogP contribution < -0.4 is 0 Å². The average Bonchev–Trinajstić information content (AvgIpc) is 3.19. The van der Waals surface area contributed by atoms with Crippen LogP contribution in [0.2, 0.25) is 0 Å². The summed E-state index contributed by atoms with van der Waals surface area (Å²) in [4.78, 5) is 7.16. The molecule has 2 aromatic rings. The van der Waals surface area contributed by atoms with Gasteiger partial charge in [-0.1, -0.05) is 0 Å². The standard InChI is InChI=1S/C15H21N5/c1-2-7-19-13(4-1)10-16-15(19)12-18-9-5-14(11-18)20-8-3-6-17-20/h3,6,8,10,14H,1-2,4-5,7,9,11-12H2. The van der Waals surface area contributed by atoms with Crippen molar-refractivity contribution in [3.05, 3.63) is 36.2 Å². The highest BCUT2D eigenvalue weighted by atomic mass is 15.3. The minimum Gasteiger partial charge on any atom is -0.331 e. The van der Waals surface area contributed by atoms with Gasteiger partial charge in [0, 0.05) is 43.9 Å². The summed E-state index contributed by atoms with van der Waals surface area (Å²) in [6.07, 6.45) is 11.0. The summed E-state index contributed by atoms with van der Waals surface area (Å²) in [7, 11) is 0. The summed E-state index contributed by atoms with van der Waals surface area (Å²) in [5.74, 6) is 1.25. The van der Waals surface area contributed by atoms with Gasteiger partial charge >= 0.3 is 0 Å². The van der Waals surface area contributed by atoms with Crippen LogP contribution in [0.3, 0.4) is 0 Å². The van der Waals surface area contributed by atoms with Crippen molar-refractivity contribution in [2.45, 2.75) is 44.8 Å². The molecular weight excluding hydrogens is 250 g/mol. The molecule has 0 bridgehead atoms. The molecule has 0 radical (unpaired) electrons. The lowest BCUT2D eigenvalue weighted by Crippen LogP contribution is -2.24. The van der Waals surface area contributed by atoms with Gasteiger partial charge in [-0.2, -0.15) is 5.10 Å². The number of fused-ring (bicyclic) bond motifs is 1. The number of imidazole rings is 1. The maximum atomic E-state index is 4.65. The molecule has 0 aromatic carbocycles. The molecule has 0 saturated carbocycles. The zero-order valence-corrected chi connectivity index (χ0v) is 11.8. The van der Waals surface area contributed by atoms with E-state index in [9.17, 15) is 0 Å². The van der Waals surface area contributed by atoms with Gasteiger partial charge in [0.15, 0.2) is 0 Å². The molecule has 2 aromatic heterocycles. The molecule has 20 heavy (non-hydrogen) atoms. The highest BCUT2D eigenvalue weighted by Crippen LogP contribution is 2.23. The van der Waals surface area contributed by atoms with Gasteiger partial charge in [-0.15, -0.1) is 0 Å². The molecule has 0 N–H and O–H groups in total. The van der Waals surface area contributed by atoms with E-state index < -0.39 is 0 Å². The minimum atomic E-state index is 0.529. The molecule has 5 heteroatoms. The predicted octanol–water partition coefficient (Wildman–Crippen LogP) is 1.86. The molecule has 4 rings (SSSR count). The number of aryl methyl sites for hydroxylation is 1. The van der Waals surface area contributed by atoms with E-state index in [1.54, 1.807) is 0 Å². The maximum Gasteiger partial charge on any atom is 0.123 e. The number of rotatable bonds is 3. The third-order valence-electron chi connectivity index (χ3n) is 4.60. The fourth-order valence-electron chi connectivity index (χ4n) is 3.50. The molecule has 106 valence electrons. The number of nitrogens with zero attached hydrogens (tertiary/aromatic N) is 5. The third kappa shape index (κ3) is 2.16. The molecule has 1 fully saturated rings. The molecule has 2 aliphatic heterocycles. The highest BCUT2D eigenvalue weighted by molar-refractivity contribution is 5.08. The van der Waals surface area contributed by atoms with Crippen LogP contribution in [0.5, 0.6) is 0 Å². The third-order valence-corrected chi connectivity index (χ3v) is 4.60. The predicted molar refractivity (Wildman–Crippen MR) is 76.3 cm³/mol. The lowest BCUT2D eigenvalue weighted by Gasteiger charge is -2.20. The van der Waals surface area contributed by atoms with Crippen LogP contribution in [-0.2, 0) is 19.5 Å². The normalized spacial score (nSPS) is 23.1. The van der Waals surface area contributed by atoms with Crippen molar-refractivity contribution in [2.75, 3.05) is 13.1 Å². The van der Waals surface area contributed by atoms with E-state index in [4.69, 9.17) is 0 Å². The van der Waals surface area contributed by atoms with Crippen LogP contribution in [0.15, 0.2) is 24.7 Å². The van der Waals surface area contributed by atoms with Crippen LogP contribution in [-0.4, -0.2) is 37.3 Å². The Morgan fingerprint density at radius 3 is 3.15 bits per heavy atom. The van der Waals surface area contributed by atoms with Crippen molar-refractivity contribution in [3.63, 3.8) is 0 Å². The Morgan fingerprint density at radius 1 is 1.25 bits per heavy atom. The molecule has 0 amide bonds. The van der Waals surface area contributed by atoms with Gasteiger partial charge in [-0.05, 0) is 31.7 Å². The van der Waals surface area contributed by atoms with E-state index in [0.29, 0.717) is 6.04 Å². The minimum absolute atomic E-state index is 0.529. The number of aromatic nitrogens is 4. The smallest absolute Gasteiger partial charge is 0.123 e. The average molecular weight is 271 g/mol. The molecule has 1 atom stereocenters. The second-order valence-electron chi connectivity index (χ2n) is 5.94. The summed E-state index contributed by atoms with van der Waals surface area (Å²) in [5.41, 5.74) is 1.43. The van der Waals surface area contributed by atoms with Crippen molar-refractivity contribution in [1.82, 2.24) is 24.2 Å². The van der Waals surface area contributed by atoms with Gasteiger partial charge in [0.05, 0.1) is 12.6 Å². The fourth-order valence-corrected chi connectivity index (χ4v) is 3.50. The van der Waals surface area contributed by atoms with E-state index in [-0.39, 0.29) is 0 Å². The second-order valence-corrected chi connectivity index (χ2v) is 5.94. The van der Waals surface area contributed by atoms with Crippen molar-refractivity contribution >= 4 is 0 Å².